The molecule has 0 bridgehead atoms. The summed E-state index contributed by atoms with van der Waals surface area (Å²) in [5.74, 6) is 0.761. The zero-order valence-corrected chi connectivity index (χ0v) is 9.29. The van der Waals surface area contributed by atoms with Gasteiger partial charge < -0.3 is 0 Å². The van der Waals surface area contributed by atoms with Crippen LogP contribution >= 0.6 is 0 Å². The van der Waals surface area contributed by atoms with Gasteiger partial charge in [-0.05, 0) is 43.9 Å². The van der Waals surface area contributed by atoms with Crippen LogP contribution in [-0.2, 0) is 0 Å². The highest BCUT2D eigenvalue weighted by Crippen LogP contribution is 2.41. The molecular formula is C14H20. The quantitative estimate of drug-likeness (QED) is 0.539. The molecule has 0 N–H and O–H groups in total. The number of hydrogen-bond acceptors (Lipinski definition) is 0. The van der Waals surface area contributed by atoms with Crippen LogP contribution in [0.5, 0.6) is 0 Å². The fourth-order valence-corrected chi connectivity index (χ4v) is 2.48. The van der Waals surface area contributed by atoms with Gasteiger partial charge in [-0.1, -0.05) is 42.9 Å². The SMILES string of the molecule is CC1=CCC(C)(C2C=CCCC2)C=C1. The van der Waals surface area contributed by atoms with Gasteiger partial charge in [0, 0.05) is 0 Å². The van der Waals surface area contributed by atoms with Crippen LogP contribution in [0.25, 0.3) is 0 Å². The van der Waals surface area contributed by atoms with Crippen LogP contribution in [-0.4, -0.2) is 0 Å². The lowest BCUT2D eigenvalue weighted by Crippen LogP contribution is -2.26. The largest absolute Gasteiger partial charge is 0.0882 e. The minimum atomic E-state index is 0.385. The highest BCUT2D eigenvalue weighted by molar-refractivity contribution is 5.26. The van der Waals surface area contributed by atoms with Crippen LogP contribution in [0.1, 0.15) is 39.5 Å². The Kier molecular flexibility index (Phi) is 2.62. The summed E-state index contributed by atoms with van der Waals surface area (Å²) in [6.07, 6.45) is 17.1. The molecule has 0 heterocycles. The number of hydrogen-bond donors (Lipinski definition) is 0. The van der Waals surface area contributed by atoms with Crippen LogP contribution in [0.3, 0.4) is 0 Å². The predicted octanol–water partition coefficient (Wildman–Crippen LogP) is 4.26. The summed E-state index contributed by atoms with van der Waals surface area (Å²) in [7, 11) is 0. The summed E-state index contributed by atoms with van der Waals surface area (Å²) in [5, 5.41) is 0. The van der Waals surface area contributed by atoms with E-state index in [9.17, 15) is 0 Å². The van der Waals surface area contributed by atoms with Gasteiger partial charge in [0.1, 0.15) is 0 Å². The molecule has 0 amide bonds. The Morgan fingerprint density at radius 2 is 2.29 bits per heavy atom. The van der Waals surface area contributed by atoms with Crippen LogP contribution in [0, 0.1) is 11.3 Å². The lowest BCUT2D eigenvalue weighted by atomic mass is 9.69. The topological polar surface area (TPSA) is 0 Å². The van der Waals surface area contributed by atoms with Crippen molar-refractivity contribution in [2.45, 2.75) is 39.5 Å². The van der Waals surface area contributed by atoms with Crippen molar-refractivity contribution in [2.24, 2.45) is 11.3 Å². The van der Waals surface area contributed by atoms with Gasteiger partial charge in [0.25, 0.3) is 0 Å². The number of allylic oxidation sites excluding steroid dienone is 6. The zero-order chi connectivity index (χ0) is 10.0. The first-order valence-electron chi connectivity index (χ1n) is 5.73. The molecule has 2 aliphatic carbocycles. The molecule has 76 valence electrons. The molecule has 2 aliphatic rings. The molecule has 0 radical (unpaired) electrons. The van der Waals surface area contributed by atoms with E-state index in [0.29, 0.717) is 5.41 Å². The molecule has 0 spiro atoms. The molecule has 0 nitrogen and oxygen atoms in total. The summed E-state index contributed by atoms with van der Waals surface area (Å²) < 4.78 is 0. The Balaban J connectivity index is 2.13. The normalized spacial score (nSPS) is 37.0. The van der Waals surface area contributed by atoms with Crippen molar-refractivity contribution >= 4 is 0 Å². The Hall–Kier alpha value is -0.780. The third kappa shape index (κ3) is 1.84. The van der Waals surface area contributed by atoms with Gasteiger partial charge >= 0.3 is 0 Å². The van der Waals surface area contributed by atoms with Crippen molar-refractivity contribution in [3.05, 3.63) is 36.0 Å². The van der Waals surface area contributed by atoms with Gasteiger partial charge in [0.15, 0.2) is 0 Å². The summed E-state index contributed by atoms with van der Waals surface area (Å²) in [6.45, 7) is 4.58. The van der Waals surface area contributed by atoms with Gasteiger partial charge in [0.05, 0.1) is 0 Å². The Morgan fingerprint density at radius 1 is 1.43 bits per heavy atom. The maximum absolute atomic E-state index is 2.43. The van der Waals surface area contributed by atoms with E-state index in [1.54, 1.807) is 0 Å². The molecule has 2 atom stereocenters. The molecule has 2 rings (SSSR count). The average molecular weight is 188 g/mol. The van der Waals surface area contributed by atoms with Crippen LogP contribution in [0.4, 0.5) is 0 Å². The van der Waals surface area contributed by atoms with E-state index in [0.717, 1.165) is 5.92 Å². The smallest absolute Gasteiger partial charge is 0.00459 e. The van der Waals surface area contributed by atoms with Crippen LogP contribution < -0.4 is 0 Å². The van der Waals surface area contributed by atoms with Crippen LogP contribution in [0.15, 0.2) is 36.0 Å². The first-order chi connectivity index (χ1) is 6.71. The molecule has 0 fully saturated rings. The van der Waals surface area contributed by atoms with E-state index >= 15 is 0 Å². The summed E-state index contributed by atoms with van der Waals surface area (Å²) >= 11 is 0. The summed E-state index contributed by atoms with van der Waals surface area (Å²) in [6, 6.07) is 0. The lowest BCUT2D eigenvalue weighted by Gasteiger charge is -2.36. The molecule has 14 heavy (non-hydrogen) atoms. The van der Waals surface area contributed by atoms with E-state index in [2.05, 4.69) is 44.2 Å². The van der Waals surface area contributed by atoms with Crippen molar-refractivity contribution in [3.63, 3.8) is 0 Å². The molecule has 0 aromatic carbocycles. The van der Waals surface area contributed by atoms with Crippen molar-refractivity contribution in [1.29, 1.82) is 0 Å². The maximum Gasteiger partial charge on any atom is -0.00459 e. The van der Waals surface area contributed by atoms with Crippen molar-refractivity contribution in [3.8, 4) is 0 Å². The number of rotatable bonds is 1. The molecule has 0 heteroatoms. The third-order valence-corrected chi connectivity index (χ3v) is 3.69. The minimum Gasteiger partial charge on any atom is -0.0882 e. The third-order valence-electron chi connectivity index (χ3n) is 3.69. The Labute approximate surface area is 87.4 Å². The molecule has 0 saturated carbocycles. The van der Waals surface area contributed by atoms with E-state index in [4.69, 9.17) is 0 Å². The van der Waals surface area contributed by atoms with Gasteiger partial charge in [-0.3, -0.25) is 0 Å². The van der Waals surface area contributed by atoms with Gasteiger partial charge in [-0.15, -0.1) is 0 Å². The molecule has 0 saturated heterocycles. The van der Waals surface area contributed by atoms with Gasteiger partial charge in [0.2, 0.25) is 0 Å². The minimum absolute atomic E-state index is 0.385. The van der Waals surface area contributed by atoms with Crippen molar-refractivity contribution < 1.29 is 0 Å². The summed E-state index contributed by atoms with van der Waals surface area (Å²) in [5.41, 5.74) is 1.80. The second-order valence-corrected chi connectivity index (χ2v) is 4.96. The standard InChI is InChI=1S/C14H20/c1-12-8-10-14(2,11-9-12)13-6-4-3-5-7-13/h4,6,8-10,13H,3,5,7,11H2,1-2H3. The lowest BCUT2D eigenvalue weighted by molar-refractivity contribution is 0.280. The molecule has 0 aromatic rings. The van der Waals surface area contributed by atoms with Gasteiger partial charge in [-0.25, -0.2) is 0 Å². The maximum atomic E-state index is 2.43. The predicted molar refractivity (Wildman–Crippen MR) is 62.1 cm³/mol. The first-order valence-corrected chi connectivity index (χ1v) is 5.73. The second-order valence-electron chi connectivity index (χ2n) is 4.96. The van der Waals surface area contributed by atoms with Crippen molar-refractivity contribution in [1.82, 2.24) is 0 Å². The molecule has 0 aromatic heterocycles. The first kappa shape index (κ1) is 9.76. The highest BCUT2D eigenvalue weighted by atomic mass is 14.3. The fraction of sp³-hybridized carbons (Fsp3) is 0.571. The summed E-state index contributed by atoms with van der Waals surface area (Å²) in [4.78, 5) is 0. The monoisotopic (exact) mass is 188 g/mol. The van der Waals surface area contributed by atoms with Crippen molar-refractivity contribution in [2.75, 3.05) is 0 Å². The van der Waals surface area contributed by atoms with Gasteiger partial charge in [-0.2, -0.15) is 0 Å². The Morgan fingerprint density at radius 3 is 2.86 bits per heavy atom. The highest BCUT2D eigenvalue weighted by Gasteiger charge is 2.30. The van der Waals surface area contributed by atoms with E-state index in [1.165, 1.54) is 31.3 Å². The Bertz CT molecular complexity index is 293. The van der Waals surface area contributed by atoms with Crippen LogP contribution in [0.2, 0.25) is 0 Å². The molecular weight excluding hydrogens is 168 g/mol. The van der Waals surface area contributed by atoms with E-state index in [1.807, 2.05) is 0 Å². The molecule has 0 aliphatic heterocycles. The van der Waals surface area contributed by atoms with E-state index in [-0.39, 0.29) is 0 Å². The second kappa shape index (κ2) is 3.76. The fourth-order valence-electron chi connectivity index (χ4n) is 2.48. The average Bonchev–Trinajstić information content (AvgIpc) is 2.24. The van der Waals surface area contributed by atoms with E-state index < -0.39 is 0 Å². The zero-order valence-electron chi connectivity index (χ0n) is 9.29. The molecule has 2 unspecified atom stereocenters.